The molecule has 0 unspecified atom stereocenters. The van der Waals surface area contributed by atoms with Gasteiger partial charge in [-0.1, -0.05) is 108 Å². The second-order valence-electron chi connectivity index (χ2n) is 11.9. The molecule has 50 heavy (non-hydrogen) atoms. The number of aliphatic imine (C=N–C) groups is 1. The first-order chi connectivity index (χ1) is 24.2. The average Bonchev–Trinajstić information content (AvgIpc) is 3.89. The molecule has 0 radical (unpaired) electrons. The van der Waals surface area contributed by atoms with Crippen LogP contribution in [0, 0.1) is 12.1 Å². The van der Waals surface area contributed by atoms with Crippen LogP contribution in [0.15, 0.2) is 171 Å². The number of hydrogen-bond acceptors (Lipinski definition) is 5. The minimum absolute atomic E-state index is 0. The van der Waals surface area contributed by atoms with Crippen molar-refractivity contribution < 1.29 is 29.9 Å². The summed E-state index contributed by atoms with van der Waals surface area (Å²) in [5.41, 5.74) is 14.3. The van der Waals surface area contributed by atoms with E-state index in [-0.39, 0.29) is 21.1 Å². The molecule has 242 valence electrons. The van der Waals surface area contributed by atoms with Crippen LogP contribution >= 0.6 is 0 Å². The molecule has 0 atom stereocenters. The summed E-state index contributed by atoms with van der Waals surface area (Å²) in [6, 6.07) is 52.9. The SMILES string of the molecule is N/C(=C\C=Nc1[c-]cc2oc3ccccc3c2c1)C(c1ccccc1)(c1ccccc1)c1ccn(-c2[c-]cc3oc4ccccc4c3c2)n1.[Pt+2]. The summed E-state index contributed by atoms with van der Waals surface area (Å²) in [6.07, 6.45) is 5.55. The Hall–Kier alpha value is -5.97. The summed E-state index contributed by atoms with van der Waals surface area (Å²) < 4.78 is 13.9. The van der Waals surface area contributed by atoms with Gasteiger partial charge in [-0.3, -0.25) is 9.67 Å². The zero-order valence-electron chi connectivity index (χ0n) is 26.6. The summed E-state index contributed by atoms with van der Waals surface area (Å²) in [5.74, 6) is 0. The third-order valence-corrected chi connectivity index (χ3v) is 9.12. The van der Waals surface area contributed by atoms with E-state index in [1.807, 2.05) is 120 Å². The number of furan rings is 2. The van der Waals surface area contributed by atoms with Gasteiger partial charge in [-0.15, -0.1) is 24.3 Å². The van der Waals surface area contributed by atoms with E-state index in [1.54, 1.807) is 6.21 Å². The van der Waals surface area contributed by atoms with Crippen molar-refractivity contribution in [3.8, 4) is 5.69 Å². The third kappa shape index (κ3) is 5.17. The van der Waals surface area contributed by atoms with E-state index in [2.05, 4.69) is 48.5 Å². The molecule has 0 saturated heterocycles. The van der Waals surface area contributed by atoms with Gasteiger partial charge in [0.1, 0.15) is 16.6 Å². The van der Waals surface area contributed by atoms with Gasteiger partial charge < -0.3 is 14.6 Å². The Bertz CT molecular complexity index is 2650. The van der Waals surface area contributed by atoms with Crippen molar-refractivity contribution in [2.45, 2.75) is 5.41 Å². The van der Waals surface area contributed by atoms with Crippen LogP contribution in [0.2, 0.25) is 0 Å². The second kappa shape index (κ2) is 12.8. The number of allylic oxidation sites excluding steroid dienone is 2. The molecule has 0 saturated carbocycles. The number of nitrogens with two attached hydrogens (primary N) is 1. The normalized spacial score (nSPS) is 12.4. The molecule has 2 N–H and O–H groups in total. The van der Waals surface area contributed by atoms with E-state index in [9.17, 15) is 0 Å². The van der Waals surface area contributed by atoms with Gasteiger partial charge in [-0.05, 0) is 46.8 Å². The Morgan fingerprint density at radius 3 is 1.86 bits per heavy atom. The second-order valence-corrected chi connectivity index (χ2v) is 11.9. The molecule has 9 rings (SSSR count). The maximum atomic E-state index is 7.21. The average molecular weight is 828 g/mol. The molecule has 0 aliphatic heterocycles. The van der Waals surface area contributed by atoms with Crippen LogP contribution in [-0.4, -0.2) is 16.0 Å². The molecule has 9 aromatic rings. The van der Waals surface area contributed by atoms with Gasteiger partial charge in [0, 0.05) is 40.0 Å². The number of fused-ring (bicyclic) bond motifs is 6. The van der Waals surface area contributed by atoms with Crippen LogP contribution < -0.4 is 5.73 Å². The predicted molar refractivity (Wildman–Crippen MR) is 195 cm³/mol. The Morgan fingerprint density at radius 2 is 1.22 bits per heavy atom. The monoisotopic (exact) mass is 827 g/mol. The number of rotatable bonds is 7. The summed E-state index contributed by atoms with van der Waals surface area (Å²) in [5, 5.41) is 9.28. The first kappa shape index (κ1) is 31.3. The van der Waals surface area contributed by atoms with Crippen LogP contribution in [0.5, 0.6) is 0 Å². The van der Waals surface area contributed by atoms with Gasteiger partial charge in [-0.25, -0.2) is 0 Å². The Morgan fingerprint density at radius 1 is 0.660 bits per heavy atom. The van der Waals surface area contributed by atoms with Crippen LogP contribution in [-0.2, 0) is 26.5 Å². The fourth-order valence-electron chi connectivity index (χ4n) is 6.82. The van der Waals surface area contributed by atoms with E-state index in [0.717, 1.165) is 66.4 Å². The number of aromatic nitrogens is 2. The molecule has 0 fully saturated rings. The van der Waals surface area contributed by atoms with Crippen LogP contribution in [0.1, 0.15) is 16.8 Å². The predicted octanol–water partition coefficient (Wildman–Crippen LogP) is 9.85. The minimum Gasteiger partial charge on any atom is -0.516 e. The molecule has 0 aliphatic rings. The maximum Gasteiger partial charge on any atom is 2.00 e. The quantitative estimate of drug-likeness (QED) is 0.128. The summed E-state index contributed by atoms with van der Waals surface area (Å²) >= 11 is 0. The van der Waals surface area contributed by atoms with Crippen molar-refractivity contribution in [3.05, 3.63) is 186 Å². The van der Waals surface area contributed by atoms with E-state index in [4.69, 9.17) is 24.7 Å². The minimum atomic E-state index is -0.930. The van der Waals surface area contributed by atoms with Crippen molar-refractivity contribution >= 4 is 55.8 Å². The number of nitrogens with zero attached hydrogens (tertiary/aromatic N) is 3. The molecular formula is C43H28N4O2Pt. The number of hydrogen-bond donors (Lipinski definition) is 1. The summed E-state index contributed by atoms with van der Waals surface area (Å²) in [7, 11) is 0. The van der Waals surface area contributed by atoms with Crippen molar-refractivity contribution in [2.24, 2.45) is 10.7 Å². The molecule has 6 nitrogen and oxygen atoms in total. The first-order valence-electron chi connectivity index (χ1n) is 16.0. The molecule has 0 amide bonds. The van der Waals surface area contributed by atoms with E-state index in [0.29, 0.717) is 11.4 Å². The number of benzene rings is 6. The summed E-state index contributed by atoms with van der Waals surface area (Å²) in [4.78, 5) is 4.76. The maximum absolute atomic E-state index is 7.21. The van der Waals surface area contributed by atoms with Crippen molar-refractivity contribution in [3.63, 3.8) is 0 Å². The van der Waals surface area contributed by atoms with Crippen LogP contribution in [0.3, 0.4) is 0 Å². The van der Waals surface area contributed by atoms with Gasteiger partial charge in [0.2, 0.25) is 0 Å². The van der Waals surface area contributed by atoms with Gasteiger partial charge in [0.25, 0.3) is 0 Å². The fourth-order valence-corrected chi connectivity index (χ4v) is 6.82. The van der Waals surface area contributed by atoms with Gasteiger partial charge in [0.15, 0.2) is 0 Å². The van der Waals surface area contributed by atoms with Crippen LogP contribution in [0.4, 0.5) is 5.69 Å². The molecule has 6 aromatic carbocycles. The van der Waals surface area contributed by atoms with E-state index < -0.39 is 5.41 Å². The number of para-hydroxylation sites is 2. The fraction of sp³-hybridized carbons (Fsp3) is 0.0233. The molecule has 0 bridgehead atoms. The standard InChI is InChI=1S/C43H28N4O2.Pt/c44-41(23-25-45-31-19-21-39-35(27-31)33-15-7-9-17-37(33)48-39)43(29-11-3-1-4-12-29,30-13-5-2-6-14-30)42-24-26-47(46-42)32-20-22-40-36(28-32)34-16-8-10-18-38(34)49-40;/h1-18,21-28H,44H2;/q-2;+2/b41-23-,45-25?;. The topological polar surface area (TPSA) is 82.5 Å². The van der Waals surface area contributed by atoms with Crippen molar-refractivity contribution in [1.82, 2.24) is 9.78 Å². The zero-order chi connectivity index (χ0) is 32.8. The molecule has 3 aromatic heterocycles. The molecular weight excluding hydrogens is 800 g/mol. The first-order valence-corrected chi connectivity index (χ1v) is 16.0. The Labute approximate surface area is 302 Å². The molecule has 0 spiro atoms. The molecule has 0 aliphatic carbocycles. The van der Waals surface area contributed by atoms with Gasteiger partial charge >= 0.3 is 21.1 Å². The van der Waals surface area contributed by atoms with Crippen molar-refractivity contribution in [2.75, 3.05) is 0 Å². The third-order valence-electron chi connectivity index (χ3n) is 9.12. The largest absolute Gasteiger partial charge is 2.00 e. The van der Waals surface area contributed by atoms with E-state index >= 15 is 0 Å². The van der Waals surface area contributed by atoms with Crippen LogP contribution in [0.25, 0.3) is 49.6 Å². The zero-order valence-corrected chi connectivity index (χ0v) is 28.8. The van der Waals surface area contributed by atoms with Gasteiger partial charge in [0.05, 0.1) is 5.69 Å². The van der Waals surface area contributed by atoms with E-state index in [1.165, 1.54) is 0 Å². The molecule has 3 heterocycles. The summed E-state index contributed by atoms with van der Waals surface area (Å²) in [6.45, 7) is 0. The van der Waals surface area contributed by atoms with Gasteiger partial charge in [-0.2, -0.15) is 17.2 Å². The Balaban J connectivity index is 0.00000361. The Kier molecular flexibility index (Phi) is 8.02. The molecule has 7 heteroatoms. The van der Waals surface area contributed by atoms with Crippen molar-refractivity contribution in [1.29, 1.82) is 0 Å². The smallest absolute Gasteiger partial charge is 0.516 e.